The standard InChI is InChI=1S/C15H22ClN3O2/c1-3-19(4-2)11-7-10-17-14(20)15(21)18-13-9-6-5-8-12(13)16/h5-6,8-9H,3-4,7,10-11H2,1-2H3,(H,17,20)(H,18,21). The van der Waals surface area contributed by atoms with Crippen molar-refractivity contribution in [2.45, 2.75) is 20.3 Å². The number of carbonyl (C=O) groups excluding carboxylic acids is 2. The van der Waals surface area contributed by atoms with Crippen molar-refractivity contribution < 1.29 is 9.59 Å². The number of nitrogens with zero attached hydrogens (tertiary/aromatic N) is 1. The lowest BCUT2D eigenvalue weighted by atomic mass is 10.3. The van der Waals surface area contributed by atoms with Crippen molar-refractivity contribution in [3.8, 4) is 0 Å². The summed E-state index contributed by atoms with van der Waals surface area (Å²) in [6, 6.07) is 6.79. The topological polar surface area (TPSA) is 61.4 Å². The number of halogens is 1. The van der Waals surface area contributed by atoms with Gasteiger partial charge >= 0.3 is 11.8 Å². The largest absolute Gasteiger partial charge is 0.348 e. The maximum atomic E-state index is 11.7. The molecule has 1 rings (SSSR count). The summed E-state index contributed by atoms with van der Waals surface area (Å²) in [5, 5.41) is 5.50. The van der Waals surface area contributed by atoms with E-state index in [0.29, 0.717) is 17.3 Å². The second-order valence-electron chi connectivity index (χ2n) is 4.57. The van der Waals surface area contributed by atoms with Gasteiger partial charge in [0, 0.05) is 6.54 Å². The lowest BCUT2D eigenvalue weighted by molar-refractivity contribution is -0.136. The molecule has 0 aliphatic rings. The van der Waals surface area contributed by atoms with Crippen molar-refractivity contribution >= 4 is 29.1 Å². The average molecular weight is 312 g/mol. The van der Waals surface area contributed by atoms with Crippen molar-refractivity contribution in [1.82, 2.24) is 10.2 Å². The highest BCUT2D eigenvalue weighted by molar-refractivity contribution is 6.41. The van der Waals surface area contributed by atoms with Crippen LogP contribution in [0.2, 0.25) is 5.02 Å². The van der Waals surface area contributed by atoms with E-state index in [1.165, 1.54) is 0 Å². The average Bonchev–Trinajstić information content (AvgIpc) is 2.49. The second-order valence-corrected chi connectivity index (χ2v) is 4.98. The highest BCUT2D eigenvalue weighted by atomic mass is 35.5. The van der Waals surface area contributed by atoms with Gasteiger partial charge in [0.1, 0.15) is 0 Å². The first-order chi connectivity index (χ1) is 10.1. The van der Waals surface area contributed by atoms with Gasteiger partial charge in [0.15, 0.2) is 0 Å². The van der Waals surface area contributed by atoms with E-state index in [-0.39, 0.29) is 0 Å². The third-order valence-electron chi connectivity index (χ3n) is 3.16. The molecule has 1 aromatic carbocycles. The van der Waals surface area contributed by atoms with Crippen LogP contribution in [0.5, 0.6) is 0 Å². The van der Waals surface area contributed by atoms with Crippen LogP contribution in [-0.4, -0.2) is 42.9 Å². The quantitative estimate of drug-likeness (QED) is 0.599. The molecule has 21 heavy (non-hydrogen) atoms. The van der Waals surface area contributed by atoms with Gasteiger partial charge in [-0.25, -0.2) is 0 Å². The summed E-state index contributed by atoms with van der Waals surface area (Å²) in [5.74, 6) is -1.35. The summed E-state index contributed by atoms with van der Waals surface area (Å²) in [7, 11) is 0. The molecule has 0 unspecified atom stereocenters. The Morgan fingerprint density at radius 3 is 2.43 bits per heavy atom. The number of hydrogen-bond acceptors (Lipinski definition) is 3. The molecule has 0 aliphatic heterocycles. The van der Waals surface area contributed by atoms with Crippen LogP contribution in [-0.2, 0) is 9.59 Å². The van der Waals surface area contributed by atoms with Gasteiger partial charge in [0.05, 0.1) is 10.7 Å². The Kier molecular flexibility index (Phi) is 7.79. The molecule has 0 fully saturated rings. The first-order valence-electron chi connectivity index (χ1n) is 7.14. The van der Waals surface area contributed by atoms with E-state index < -0.39 is 11.8 Å². The molecule has 116 valence electrons. The Morgan fingerprint density at radius 1 is 1.14 bits per heavy atom. The van der Waals surface area contributed by atoms with Gasteiger partial charge in [-0.05, 0) is 38.2 Å². The molecule has 1 aromatic rings. The van der Waals surface area contributed by atoms with Gasteiger partial charge in [0.2, 0.25) is 0 Å². The van der Waals surface area contributed by atoms with Crippen LogP contribution in [0.3, 0.4) is 0 Å². The summed E-state index contributed by atoms with van der Waals surface area (Å²) in [4.78, 5) is 25.6. The fourth-order valence-electron chi connectivity index (χ4n) is 1.87. The summed E-state index contributed by atoms with van der Waals surface area (Å²) in [6.07, 6.45) is 0.812. The zero-order chi connectivity index (χ0) is 15.7. The summed E-state index contributed by atoms with van der Waals surface area (Å²) in [6.45, 7) is 7.54. The minimum atomic E-state index is -0.703. The van der Waals surface area contributed by atoms with Crippen LogP contribution >= 0.6 is 11.6 Å². The highest BCUT2D eigenvalue weighted by Gasteiger charge is 2.14. The highest BCUT2D eigenvalue weighted by Crippen LogP contribution is 2.20. The summed E-state index contributed by atoms with van der Waals surface area (Å²) < 4.78 is 0. The second kappa shape index (κ2) is 9.37. The fourth-order valence-corrected chi connectivity index (χ4v) is 2.05. The maximum Gasteiger partial charge on any atom is 0.313 e. The van der Waals surface area contributed by atoms with E-state index in [2.05, 4.69) is 29.4 Å². The third kappa shape index (κ3) is 6.14. The monoisotopic (exact) mass is 311 g/mol. The van der Waals surface area contributed by atoms with E-state index in [9.17, 15) is 9.59 Å². The van der Waals surface area contributed by atoms with E-state index in [4.69, 9.17) is 11.6 Å². The van der Waals surface area contributed by atoms with Crippen LogP contribution in [0, 0.1) is 0 Å². The van der Waals surface area contributed by atoms with Crippen molar-refractivity contribution in [3.05, 3.63) is 29.3 Å². The summed E-state index contributed by atoms with van der Waals surface area (Å²) in [5.41, 5.74) is 0.433. The molecule has 0 radical (unpaired) electrons. The lowest BCUT2D eigenvalue weighted by Gasteiger charge is -2.17. The molecule has 6 heteroatoms. The number of nitrogens with one attached hydrogen (secondary N) is 2. The van der Waals surface area contributed by atoms with E-state index in [0.717, 1.165) is 26.1 Å². The number of anilines is 1. The van der Waals surface area contributed by atoms with Crippen LogP contribution in [0.1, 0.15) is 20.3 Å². The number of carbonyl (C=O) groups is 2. The third-order valence-corrected chi connectivity index (χ3v) is 3.49. The van der Waals surface area contributed by atoms with Crippen molar-refractivity contribution in [2.24, 2.45) is 0 Å². The molecule has 5 nitrogen and oxygen atoms in total. The molecule has 0 saturated heterocycles. The van der Waals surface area contributed by atoms with Crippen LogP contribution < -0.4 is 10.6 Å². The van der Waals surface area contributed by atoms with Gasteiger partial charge in [-0.1, -0.05) is 37.6 Å². The Balaban J connectivity index is 2.32. The molecule has 2 N–H and O–H groups in total. The van der Waals surface area contributed by atoms with E-state index >= 15 is 0 Å². The molecule has 0 saturated carbocycles. The number of hydrogen-bond donors (Lipinski definition) is 2. The molecule has 0 aromatic heterocycles. The number of benzene rings is 1. The van der Waals surface area contributed by atoms with Gasteiger partial charge < -0.3 is 15.5 Å². The zero-order valence-corrected chi connectivity index (χ0v) is 13.2. The molecular weight excluding hydrogens is 290 g/mol. The van der Waals surface area contributed by atoms with Gasteiger partial charge in [-0.15, -0.1) is 0 Å². The first kappa shape index (κ1) is 17.5. The normalized spacial score (nSPS) is 10.5. The minimum absolute atomic E-state index is 0.403. The van der Waals surface area contributed by atoms with E-state index in [1.54, 1.807) is 24.3 Å². The molecule has 2 amide bonds. The molecule has 0 aliphatic carbocycles. The predicted molar refractivity (Wildman–Crippen MR) is 85.5 cm³/mol. The van der Waals surface area contributed by atoms with Gasteiger partial charge in [0.25, 0.3) is 0 Å². The Hall–Kier alpha value is -1.59. The fraction of sp³-hybridized carbons (Fsp3) is 0.467. The number of para-hydroxylation sites is 1. The van der Waals surface area contributed by atoms with Gasteiger partial charge in [-0.3, -0.25) is 9.59 Å². The van der Waals surface area contributed by atoms with Crippen molar-refractivity contribution in [3.63, 3.8) is 0 Å². The van der Waals surface area contributed by atoms with Crippen molar-refractivity contribution in [2.75, 3.05) is 31.5 Å². The predicted octanol–water partition coefficient (Wildman–Crippen LogP) is 2.13. The van der Waals surface area contributed by atoms with E-state index in [1.807, 2.05) is 0 Å². The smallest absolute Gasteiger partial charge is 0.313 e. The molecular formula is C15H22ClN3O2. The minimum Gasteiger partial charge on any atom is -0.348 e. The van der Waals surface area contributed by atoms with Crippen LogP contribution in [0.4, 0.5) is 5.69 Å². The molecule has 0 atom stereocenters. The lowest BCUT2D eigenvalue weighted by Crippen LogP contribution is -2.37. The number of rotatable bonds is 7. The van der Waals surface area contributed by atoms with Gasteiger partial charge in [-0.2, -0.15) is 0 Å². The Morgan fingerprint density at radius 2 is 1.81 bits per heavy atom. The van der Waals surface area contributed by atoms with Crippen LogP contribution in [0.25, 0.3) is 0 Å². The molecule has 0 spiro atoms. The zero-order valence-electron chi connectivity index (χ0n) is 12.5. The first-order valence-corrected chi connectivity index (χ1v) is 7.52. The SMILES string of the molecule is CCN(CC)CCCNC(=O)C(=O)Nc1ccccc1Cl. The summed E-state index contributed by atoms with van der Waals surface area (Å²) >= 11 is 5.91. The molecule has 0 heterocycles. The number of amides is 2. The van der Waals surface area contributed by atoms with Crippen LogP contribution in [0.15, 0.2) is 24.3 Å². The van der Waals surface area contributed by atoms with Crippen molar-refractivity contribution in [1.29, 1.82) is 0 Å². The Labute approximate surface area is 130 Å². The molecule has 0 bridgehead atoms. The Bertz CT molecular complexity index is 476. The maximum absolute atomic E-state index is 11.7.